The van der Waals surface area contributed by atoms with Crippen molar-refractivity contribution in [2.75, 3.05) is 26.2 Å². The van der Waals surface area contributed by atoms with Crippen molar-refractivity contribution in [3.8, 4) is 5.75 Å². The predicted octanol–water partition coefficient (Wildman–Crippen LogP) is 5.74. The van der Waals surface area contributed by atoms with Crippen LogP contribution in [0.5, 0.6) is 5.75 Å². The average Bonchev–Trinajstić information content (AvgIpc) is 2.70. The minimum Gasteiger partial charge on any atom is -0.494 e. The average molecular weight is 427 g/mol. The van der Waals surface area contributed by atoms with E-state index in [1.165, 1.54) is 55.7 Å². The first-order valence-corrected chi connectivity index (χ1v) is 10.5. The Morgan fingerprint density at radius 3 is 2.39 bits per heavy atom. The van der Waals surface area contributed by atoms with Crippen LogP contribution in [0.2, 0.25) is 0 Å². The van der Waals surface area contributed by atoms with E-state index in [2.05, 4.69) is 53.1 Å². The summed E-state index contributed by atoms with van der Waals surface area (Å²) in [7, 11) is 0. The molecule has 0 heterocycles. The topological polar surface area (TPSA) is 33.3 Å². The lowest BCUT2D eigenvalue weighted by Crippen LogP contribution is -2.36. The first-order valence-electron chi connectivity index (χ1n) is 10.5. The molecule has 0 saturated heterocycles. The van der Waals surface area contributed by atoms with E-state index in [9.17, 15) is 0 Å². The quantitative estimate of drug-likeness (QED) is 0.449. The van der Waals surface area contributed by atoms with Crippen LogP contribution in [0.3, 0.4) is 0 Å². The van der Waals surface area contributed by atoms with Crippen molar-refractivity contribution < 1.29 is 4.74 Å². The van der Waals surface area contributed by atoms with Crippen LogP contribution in [0.4, 0.5) is 0 Å². The fourth-order valence-corrected chi connectivity index (χ4v) is 3.77. The van der Waals surface area contributed by atoms with Crippen LogP contribution in [0.15, 0.2) is 42.5 Å². The number of benzene rings is 2. The number of rotatable bonds is 11. The van der Waals surface area contributed by atoms with Gasteiger partial charge < -0.3 is 15.4 Å². The van der Waals surface area contributed by atoms with Crippen LogP contribution in [-0.4, -0.2) is 32.3 Å². The highest BCUT2D eigenvalue weighted by molar-refractivity contribution is 5.85. The number of hydrogen-bond acceptors (Lipinski definition) is 3. The number of fused-ring (bicyclic) bond motifs is 1. The summed E-state index contributed by atoms with van der Waals surface area (Å²) in [5.74, 6) is 0.982. The second-order valence-corrected chi connectivity index (χ2v) is 7.46. The predicted molar refractivity (Wildman–Crippen MR) is 126 cm³/mol. The molecule has 3 rings (SSSR count). The van der Waals surface area contributed by atoms with E-state index in [1.807, 2.05) is 0 Å². The summed E-state index contributed by atoms with van der Waals surface area (Å²) in [6.07, 6.45) is 10.6. The Bertz CT molecular complexity index is 647. The Morgan fingerprint density at radius 1 is 0.786 bits per heavy atom. The number of halogens is 2. The van der Waals surface area contributed by atoms with Crippen LogP contribution in [-0.2, 0) is 0 Å². The number of unbranched alkanes of at least 4 members (excludes halogenated alkanes) is 2. The van der Waals surface area contributed by atoms with Gasteiger partial charge in [-0.1, -0.05) is 49.6 Å². The fraction of sp³-hybridized carbons (Fsp3) is 0.565. The maximum Gasteiger partial charge on any atom is 0.119 e. The largest absolute Gasteiger partial charge is 0.494 e. The zero-order chi connectivity index (χ0) is 17.9. The maximum atomic E-state index is 5.90. The summed E-state index contributed by atoms with van der Waals surface area (Å²) < 4.78 is 5.90. The highest BCUT2D eigenvalue weighted by Gasteiger charge is 2.11. The molecular formula is C23H36Cl2N2O. The maximum absolute atomic E-state index is 5.90. The van der Waals surface area contributed by atoms with E-state index in [4.69, 9.17) is 4.74 Å². The third-order valence-corrected chi connectivity index (χ3v) is 5.33. The molecule has 0 radical (unpaired) electrons. The first-order chi connectivity index (χ1) is 12.9. The smallest absolute Gasteiger partial charge is 0.119 e. The van der Waals surface area contributed by atoms with E-state index in [0.717, 1.165) is 44.5 Å². The Hall–Kier alpha value is -1.00. The van der Waals surface area contributed by atoms with E-state index < -0.39 is 0 Å². The molecule has 28 heavy (non-hydrogen) atoms. The van der Waals surface area contributed by atoms with Crippen LogP contribution in [0, 0.1) is 0 Å². The van der Waals surface area contributed by atoms with Crippen molar-refractivity contribution in [3.05, 3.63) is 42.5 Å². The SMILES string of the molecule is Cl.Cl.c1ccc2cc(OCCCCCNCCNC3CCCCC3)ccc2c1. The normalized spacial score (nSPS) is 14.3. The molecule has 2 N–H and O–H groups in total. The molecular weight excluding hydrogens is 391 g/mol. The van der Waals surface area contributed by atoms with Gasteiger partial charge >= 0.3 is 0 Å². The van der Waals surface area contributed by atoms with Crippen LogP contribution in [0.1, 0.15) is 51.4 Å². The Balaban J connectivity index is 0.00000196. The van der Waals surface area contributed by atoms with E-state index in [-0.39, 0.29) is 24.8 Å². The van der Waals surface area contributed by atoms with Crippen molar-refractivity contribution in [2.45, 2.75) is 57.4 Å². The van der Waals surface area contributed by atoms with Gasteiger partial charge in [0.15, 0.2) is 0 Å². The standard InChI is InChI=1S/C23H34N2O.2ClH/c1-3-11-22(12-4-1)25-17-16-24-15-7-2-8-18-26-23-14-13-20-9-5-6-10-21(20)19-23;;/h5-6,9-10,13-14,19,22,24-25H,1-4,7-8,11-12,15-18H2;2*1H. The number of ether oxygens (including phenoxy) is 1. The summed E-state index contributed by atoms with van der Waals surface area (Å²) in [6.45, 7) is 4.11. The van der Waals surface area contributed by atoms with Crippen molar-refractivity contribution in [1.82, 2.24) is 10.6 Å². The highest BCUT2D eigenvalue weighted by atomic mass is 35.5. The van der Waals surface area contributed by atoms with Gasteiger partial charge in [-0.3, -0.25) is 0 Å². The second-order valence-electron chi connectivity index (χ2n) is 7.46. The molecule has 0 spiro atoms. The van der Waals surface area contributed by atoms with E-state index in [0.29, 0.717) is 0 Å². The number of hydrogen-bond donors (Lipinski definition) is 2. The van der Waals surface area contributed by atoms with Gasteiger partial charge in [-0.2, -0.15) is 0 Å². The van der Waals surface area contributed by atoms with Crippen LogP contribution < -0.4 is 15.4 Å². The molecule has 5 heteroatoms. The van der Waals surface area contributed by atoms with Gasteiger partial charge in [-0.25, -0.2) is 0 Å². The van der Waals surface area contributed by atoms with E-state index in [1.54, 1.807) is 0 Å². The van der Waals surface area contributed by atoms with Crippen molar-refractivity contribution in [2.24, 2.45) is 0 Å². The molecule has 2 aromatic carbocycles. The zero-order valence-electron chi connectivity index (χ0n) is 16.8. The molecule has 1 aliphatic carbocycles. The molecule has 1 fully saturated rings. The Morgan fingerprint density at radius 2 is 1.57 bits per heavy atom. The van der Waals surface area contributed by atoms with Crippen molar-refractivity contribution >= 4 is 35.6 Å². The monoisotopic (exact) mass is 426 g/mol. The molecule has 0 atom stereocenters. The van der Waals surface area contributed by atoms with Crippen molar-refractivity contribution in [1.29, 1.82) is 0 Å². The summed E-state index contributed by atoms with van der Waals surface area (Å²) >= 11 is 0. The lowest BCUT2D eigenvalue weighted by Gasteiger charge is -2.22. The minimum absolute atomic E-state index is 0. The molecule has 1 saturated carbocycles. The van der Waals surface area contributed by atoms with Crippen LogP contribution in [0.25, 0.3) is 10.8 Å². The molecule has 0 unspecified atom stereocenters. The summed E-state index contributed by atoms with van der Waals surface area (Å²) in [4.78, 5) is 0. The summed E-state index contributed by atoms with van der Waals surface area (Å²) in [5, 5.41) is 9.75. The summed E-state index contributed by atoms with van der Waals surface area (Å²) in [6, 6.07) is 15.5. The molecule has 158 valence electrons. The highest BCUT2D eigenvalue weighted by Crippen LogP contribution is 2.20. The van der Waals surface area contributed by atoms with Gasteiger partial charge in [0.1, 0.15) is 5.75 Å². The second kappa shape index (κ2) is 14.9. The molecule has 2 aromatic rings. The first kappa shape index (κ1) is 25.0. The summed E-state index contributed by atoms with van der Waals surface area (Å²) in [5.41, 5.74) is 0. The van der Waals surface area contributed by atoms with Gasteiger partial charge in [0.25, 0.3) is 0 Å². The molecule has 3 nitrogen and oxygen atoms in total. The molecule has 0 amide bonds. The van der Waals surface area contributed by atoms with Gasteiger partial charge in [0.2, 0.25) is 0 Å². The van der Waals surface area contributed by atoms with Gasteiger partial charge in [-0.05, 0) is 61.6 Å². The van der Waals surface area contributed by atoms with Crippen LogP contribution >= 0.6 is 24.8 Å². The molecule has 0 aromatic heterocycles. The van der Waals surface area contributed by atoms with E-state index >= 15 is 0 Å². The van der Waals surface area contributed by atoms with Gasteiger partial charge in [-0.15, -0.1) is 24.8 Å². The number of nitrogens with one attached hydrogen (secondary N) is 2. The Labute approximate surface area is 182 Å². The van der Waals surface area contributed by atoms with Gasteiger partial charge in [0.05, 0.1) is 6.61 Å². The third kappa shape index (κ3) is 9.00. The Kier molecular flexibility index (Phi) is 13.3. The van der Waals surface area contributed by atoms with Gasteiger partial charge in [0, 0.05) is 19.1 Å². The lowest BCUT2D eigenvalue weighted by molar-refractivity contribution is 0.305. The van der Waals surface area contributed by atoms with Crippen molar-refractivity contribution in [3.63, 3.8) is 0 Å². The molecule has 1 aliphatic rings. The zero-order valence-corrected chi connectivity index (χ0v) is 18.5. The molecule has 0 aliphatic heterocycles. The third-order valence-electron chi connectivity index (χ3n) is 5.33. The molecule has 0 bridgehead atoms. The minimum atomic E-state index is 0. The fourth-order valence-electron chi connectivity index (χ4n) is 3.77. The lowest BCUT2D eigenvalue weighted by atomic mass is 9.95.